The number of rotatable bonds is 12. The Morgan fingerprint density at radius 2 is 1.48 bits per heavy atom. The number of nitrogens with one attached hydrogen (secondary N) is 1. The van der Waals surface area contributed by atoms with Gasteiger partial charge in [0.15, 0.2) is 12.2 Å². The van der Waals surface area contributed by atoms with E-state index in [2.05, 4.69) is 5.32 Å². The van der Waals surface area contributed by atoms with Gasteiger partial charge in [-0.15, -0.1) is 11.8 Å². The molecular formula is C28H35NO14S. The van der Waals surface area contributed by atoms with Crippen molar-refractivity contribution in [3.63, 3.8) is 0 Å². The molecule has 1 heterocycles. The van der Waals surface area contributed by atoms with E-state index in [1.54, 1.807) is 30.3 Å². The van der Waals surface area contributed by atoms with Gasteiger partial charge < -0.3 is 38.5 Å². The maximum Gasteiger partial charge on any atom is 0.381 e. The zero-order valence-corrected chi connectivity index (χ0v) is 26.0. The molecule has 0 radical (unpaired) electrons. The average molecular weight is 642 g/mol. The molecule has 0 spiro atoms. The second kappa shape index (κ2) is 16.0. The smallest absolute Gasteiger partial charge is 0.381 e. The van der Waals surface area contributed by atoms with Crippen LogP contribution in [0.15, 0.2) is 35.2 Å². The minimum atomic E-state index is -2.71. The number of carbonyl (C=O) groups excluding carboxylic acids is 7. The van der Waals surface area contributed by atoms with E-state index in [0.29, 0.717) is 4.90 Å². The molecule has 1 unspecified atom stereocenters. The lowest BCUT2D eigenvalue weighted by Crippen LogP contribution is -2.74. The van der Waals surface area contributed by atoms with Crippen molar-refractivity contribution in [3.05, 3.63) is 30.3 Å². The van der Waals surface area contributed by atoms with Crippen LogP contribution in [0.2, 0.25) is 0 Å². The molecule has 0 bridgehead atoms. The first-order valence-electron chi connectivity index (χ1n) is 13.2. The lowest BCUT2D eigenvalue weighted by molar-refractivity contribution is -0.300. The van der Waals surface area contributed by atoms with Gasteiger partial charge in [-0.2, -0.15) is 0 Å². The highest BCUT2D eigenvalue weighted by molar-refractivity contribution is 8.00. The standard InChI is InChI=1S/C28H35NO14S/c1-14(30)29-22-24(23(40-17(4)33)21(39-16(3)32)13-38-15(2)31)43-28(27(36)37-7,42-19(6)35)26(25(22)41-18(5)34)44-20-11-9-8-10-12-20/h8-12,21-26H,13H2,1-7H3,(H,29,30)/t21-,22+,23-,24?,25+,26+,28+/m1/s1. The topological polar surface area (TPSA) is 196 Å². The van der Waals surface area contributed by atoms with Crippen LogP contribution < -0.4 is 5.32 Å². The van der Waals surface area contributed by atoms with Crippen molar-refractivity contribution in [2.45, 2.75) is 87.9 Å². The molecule has 1 aromatic carbocycles. The van der Waals surface area contributed by atoms with Gasteiger partial charge in [-0.25, -0.2) is 4.79 Å². The molecule has 44 heavy (non-hydrogen) atoms. The summed E-state index contributed by atoms with van der Waals surface area (Å²) >= 11 is 0.905. The van der Waals surface area contributed by atoms with Crippen LogP contribution in [0, 0.1) is 0 Å². The highest BCUT2D eigenvalue weighted by atomic mass is 32.2. The number of amides is 1. The molecule has 1 aliphatic heterocycles. The van der Waals surface area contributed by atoms with E-state index < -0.39 is 89.8 Å². The zero-order valence-electron chi connectivity index (χ0n) is 25.2. The summed E-state index contributed by atoms with van der Waals surface area (Å²) in [5.41, 5.74) is 0. The molecule has 0 aliphatic carbocycles. The summed E-state index contributed by atoms with van der Waals surface area (Å²) in [6.45, 7) is 5.64. The van der Waals surface area contributed by atoms with Crippen LogP contribution >= 0.6 is 11.8 Å². The summed E-state index contributed by atoms with van der Waals surface area (Å²) in [4.78, 5) is 87.8. The van der Waals surface area contributed by atoms with Crippen molar-refractivity contribution in [1.82, 2.24) is 5.32 Å². The van der Waals surface area contributed by atoms with Crippen LogP contribution in [0.3, 0.4) is 0 Å². The molecule has 1 N–H and O–H groups in total. The SMILES string of the molecule is COC(=O)[C@@]1(OC(C)=O)OC([C@H](OC(C)=O)[C@@H](COC(C)=O)OC(C)=O)[C@H](NC(C)=O)[C@H](OC(C)=O)[C@@H]1Sc1ccccc1. The summed E-state index contributed by atoms with van der Waals surface area (Å²) < 4.78 is 38.3. The van der Waals surface area contributed by atoms with E-state index in [1.807, 2.05) is 0 Å². The summed E-state index contributed by atoms with van der Waals surface area (Å²) in [5.74, 6) is -9.14. The number of benzene rings is 1. The van der Waals surface area contributed by atoms with Gasteiger partial charge in [0, 0.05) is 46.4 Å². The fraction of sp³-hybridized carbons (Fsp3) is 0.536. The van der Waals surface area contributed by atoms with Gasteiger partial charge in [0.1, 0.15) is 24.1 Å². The molecule has 15 nitrogen and oxygen atoms in total. The van der Waals surface area contributed by atoms with Crippen LogP contribution in [-0.2, 0) is 66.7 Å². The van der Waals surface area contributed by atoms with Gasteiger partial charge in [-0.05, 0) is 12.1 Å². The van der Waals surface area contributed by atoms with Crippen molar-refractivity contribution in [1.29, 1.82) is 0 Å². The van der Waals surface area contributed by atoms with Crippen molar-refractivity contribution < 1.29 is 66.7 Å². The largest absolute Gasteiger partial charge is 0.464 e. The summed E-state index contributed by atoms with van der Waals surface area (Å²) in [6.07, 6.45) is -6.67. The Bertz CT molecular complexity index is 1240. The minimum Gasteiger partial charge on any atom is -0.464 e. The Balaban J connectivity index is 2.94. The fourth-order valence-corrected chi connectivity index (χ4v) is 5.84. The molecule has 1 saturated heterocycles. The Hall–Kier alpha value is -4.18. The van der Waals surface area contributed by atoms with Gasteiger partial charge in [0.25, 0.3) is 0 Å². The summed E-state index contributed by atoms with van der Waals surface area (Å²) in [6, 6.07) is 6.95. The molecule has 242 valence electrons. The quantitative estimate of drug-likeness (QED) is 0.249. The van der Waals surface area contributed by atoms with Crippen LogP contribution in [0.5, 0.6) is 0 Å². The molecular weight excluding hydrogens is 606 g/mol. The van der Waals surface area contributed by atoms with Gasteiger partial charge in [-0.1, -0.05) is 18.2 Å². The second-order valence-electron chi connectivity index (χ2n) is 9.51. The highest BCUT2D eigenvalue weighted by Gasteiger charge is 2.66. The third-order valence-electron chi connectivity index (χ3n) is 5.90. The number of carbonyl (C=O) groups is 7. The predicted molar refractivity (Wildman–Crippen MR) is 148 cm³/mol. The first-order valence-corrected chi connectivity index (χ1v) is 14.1. The molecule has 0 aromatic heterocycles. The van der Waals surface area contributed by atoms with Crippen molar-refractivity contribution in [3.8, 4) is 0 Å². The Kier molecular flexibility index (Phi) is 13.1. The van der Waals surface area contributed by atoms with Crippen LogP contribution in [0.25, 0.3) is 0 Å². The third kappa shape index (κ3) is 9.67. The fourth-order valence-electron chi connectivity index (χ4n) is 4.52. The lowest BCUT2D eigenvalue weighted by Gasteiger charge is -2.51. The number of hydrogen-bond donors (Lipinski definition) is 1. The number of hydrogen-bond acceptors (Lipinski definition) is 15. The lowest BCUT2D eigenvalue weighted by atomic mass is 9.87. The highest BCUT2D eigenvalue weighted by Crippen LogP contribution is 2.45. The maximum absolute atomic E-state index is 13.6. The van der Waals surface area contributed by atoms with Crippen LogP contribution in [0.1, 0.15) is 41.5 Å². The summed E-state index contributed by atoms with van der Waals surface area (Å²) in [7, 11) is 0.989. The number of methoxy groups -OCH3 is 1. The molecule has 16 heteroatoms. The van der Waals surface area contributed by atoms with Gasteiger partial charge in [-0.3, -0.25) is 28.8 Å². The maximum atomic E-state index is 13.6. The first kappa shape index (κ1) is 36.0. The normalized spacial score (nSPS) is 24.0. The van der Waals surface area contributed by atoms with E-state index in [0.717, 1.165) is 60.4 Å². The summed E-state index contributed by atoms with van der Waals surface area (Å²) in [5, 5.41) is 1.14. The Morgan fingerprint density at radius 3 is 1.95 bits per heavy atom. The van der Waals surface area contributed by atoms with Crippen LogP contribution in [-0.4, -0.2) is 96.9 Å². The van der Waals surface area contributed by atoms with Crippen molar-refractivity contribution in [2.24, 2.45) is 0 Å². The average Bonchev–Trinajstić information content (AvgIpc) is 2.91. The van der Waals surface area contributed by atoms with Crippen molar-refractivity contribution >= 4 is 53.5 Å². The van der Waals surface area contributed by atoms with E-state index in [-0.39, 0.29) is 0 Å². The molecule has 2 rings (SSSR count). The van der Waals surface area contributed by atoms with Gasteiger partial charge in [0.05, 0.1) is 13.2 Å². The van der Waals surface area contributed by atoms with Crippen molar-refractivity contribution in [2.75, 3.05) is 13.7 Å². The Morgan fingerprint density at radius 1 is 0.864 bits per heavy atom. The van der Waals surface area contributed by atoms with E-state index in [9.17, 15) is 33.6 Å². The molecule has 1 fully saturated rings. The predicted octanol–water partition coefficient (Wildman–Crippen LogP) is 0.841. The minimum absolute atomic E-state index is 0.503. The number of esters is 6. The molecule has 1 aliphatic rings. The zero-order chi connectivity index (χ0) is 33.2. The van der Waals surface area contributed by atoms with E-state index in [4.69, 9.17) is 33.2 Å². The van der Waals surface area contributed by atoms with E-state index >= 15 is 0 Å². The van der Waals surface area contributed by atoms with Crippen LogP contribution in [0.4, 0.5) is 0 Å². The van der Waals surface area contributed by atoms with Gasteiger partial charge >= 0.3 is 41.6 Å². The molecule has 1 amide bonds. The number of thioether (sulfide) groups is 1. The second-order valence-corrected chi connectivity index (χ2v) is 10.7. The van der Waals surface area contributed by atoms with Gasteiger partial charge in [0.2, 0.25) is 5.91 Å². The molecule has 0 saturated carbocycles. The van der Waals surface area contributed by atoms with E-state index in [1.165, 1.54) is 0 Å². The monoisotopic (exact) mass is 641 g/mol. The number of ether oxygens (including phenoxy) is 7. The Labute approximate surface area is 257 Å². The molecule has 1 aromatic rings. The third-order valence-corrected chi connectivity index (χ3v) is 7.27. The first-order chi connectivity index (χ1) is 20.6. The molecule has 7 atom stereocenters.